The molecule has 0 aromatic heterocycles. The minimum absolute atomic E-state index is 0.0650. The van der Waals surface area contributed by atoms with Crippen LogP contribution < -0.4 is 0 Å². The smallest absolute Gasteiger partial charge is 0.462 e. The van der Waals surface area contributed by atoms with Crippen molar-refractivity contribution in [1.29, 1.82) is 0 Å². The average Bonchev–Trinajstić information content (AvgIpc) is 3.20. The number of cyclic esters (lactones) is 1. The van der Waals surface area contributed by atoms with Crippen molar-refractivity contribution in [2.45, 2.75) is 122 Å². The molecule has 190 valence electrons. The van der Waals surface area contributed by atoms with Crippen molar-refractivity contribution < 1.29 is 27.7 Å². The summed E-state index contributed by atoms with van der Waals surface area (Å²) < 4.78 is 34.1. The van der Waals surface area contributed by atoms with Crippen LogP contribution in [0, 0.1) is 0 Å². The quantitative estimate of drug-likeness (QED) is 0.226. The first-order chi connectivity index (χ1) is 16.1. The van der Waals surface area contributed by atoms with E-state index in [1.807, 2.05) is 6.92 Å². The van der Waals surface area contributed by atoms with Crippen molar-refractivity contribution in [3.8, 4) is 0 Å². The summed E-state index contributed by atoms with van der Waals surface area (Å²) in [5.74, 6) is -0.330. The largest absolute Gasteiger partial charge is 0.475 e. The van der Waals surface area contributed by atoms with Crippen LogP contribution in [0.3, 0.4) is 0 Å². The van der Waals surface area contributed by atoms with E-state index in [1.54, 1.807) is 0 Å². The molecule has 0 radical (unpaired) electrons. The Morgan fingerprint density at radius 2 is 1.33 bits per heavy atom. The van der Waals surface area contributed by atoms with E-state index in [0.29, 0.717) is 12.8 Å². The Balaban J connectivity index is 1.84. The molecule has 0 N–H and O–H groups in total. The molecular weight excluding hydrogens is 439 g/mol. The van der Waals surface area contributed by atoms with E-state index in [9.17, 15) is 9.36 Å². The van der Waals surface area contributed by atoms with Crippen LogP contribution in [0.1, 0.15) is 110 Å². The topological polar surface area (TPSA) is 71.1 Å². The highest BCUT2D eigenvalue weighted by atomic mass is 31.2. The molecule has 6 nitrogen and oxygen atoms in total. The zero-order valence-corrected chi connectivity index (χ0v) is 21.5. The number of ether oxygens (including phenoxy) is 1. The molecule has 7 heteroatoms. The number of carbonyl (C=O) groups excluding carboxylic acids is 1. The minimum Gasteiger partial charge on any atom is -0.462 e. The van der Waals surface area contributed by atoms with E-state index >= 15 is 0 Å². The fourth-order valence-electron chi connectivity index (χ4n) is 4.16. The lowest BCUT2D eigenvalue weighted by Crippen LogP contribution is -2.22. The Kier molecular flexibility index (Phi) is 15.0. The first-order valence-corrected chi connectivity index (χ1v) is 14.6. The number of carbonyl (C=O) groups is 1. The SMILES string of the molecule is C[C@@H]1C/C=C/CC/C=C/CCCCCCCCCCCC[C@@H](OP2(=O)OCCO2)CC(=O)O1. The maximum absolute atomic E-state index is 12.5. The Labute approximate surface area is 201 Å². The summed E-state index contributed by atoms with van der Waals surface area (Å²) in [7, 11) is -3.54. The summed E-state index contributed by atoms with van der Waals surface area (Å²) in [5, 5.41) is 0. The number of phosphoric acid groups is 1. The number of phosphoric ester groups is 1. The second-order valence-electron chi connectivity index (χ2n) is 9.21. The van der Waals surface area contributed by atoms with Crippen molar-refractivity contribution in [3.63, 3.8) is 0 Å². The van der Waals surface area contributed by atoms with Gasteiger partial charge in [0.1, 0.15) is 6.10 Å². The Hall–Kier alpha value is -0.940. The number of esters is 1. The highest BCUT2D eigenvalue weighted by Crippen LogP contribution is 2.54. The second kappa shape index (κ2) is 17.5. The molecule has 0 saturated carbocycles. The molecule has 2 heterocycles. The third-order valence-corrected chi connectivity index (χ3v) is 7.59. The zero-order chi connectivity index (χ0) is 23.6. The number of rotatable bonds is 2. The van der Waals surface area contributed by atoms with Gasteiger partial charge in [-0.2, -0.15) is 0 Å². The maximum Gasteiger partial charge on any atom is 0.475 e. The van der Waals surface area contributed by atoms with Gasteiger partial charge < -0.3 is 4.74 Å². The van der Waals surface area contributed by atoms with Gasteiger partial charge >= 0.3 is 13.8 Å². The lowest BCUT2D eigenvalue weighted by Gasteiger charge is -2.20. The van der Waals surface area contributed by atoms with E-state index in [4.69, 9.17) is 18.3 Å². The Bertz CT molecular complexity index is 622. The summed E-state index contributed by atoms with van der Waals surface area (Å²) in [5.41, 5.74) is 0. The number of hydrogen-bond donors (Lipinski definition) is 0. The fraction of sp³-hybridized carbons (Fsp3) is 0.808. The third-order valence-electron chi connectivity index (χ3n) is 6.04. The summed E-state index contributed by atoms with van der Waals surface area (Å²) in [6, 6.07) is 0. The normalized spacial score (nSPS) is 30.0. The molecule has 0 unspecified atom stereocenters. The van der Waals surface area contributed by atoms with Gasteiger partial charge in [-0.25, -0.2) is 4.57 Å². The van der Waals surface area contributed by atoms with E-state index in [0.717, 1.165) is 25.7 Å². The predicted molar refractivity (Wildman–Crippen MR) is 132 cm³/mol. The van der Waals surface area contributed by atoms with Gasteiger partial charge in [0.15, 0.2) is 0 Å². The van der Waals surface area contributed by atoms with Crippen molar-refractivity contribution in [2.75, 3.05) is 13.2 Å². The van der Waals surface area contributed by atoms with E-state index in [1.165, 1.54) is 57.8 Å². The second-order valence-corrected chi connectivity index (χ2v) is 10.8. The van der Waals surface area contributed by atoms with Crippen LogP contribution in [0.2, 0.25) is 0 Å². The minimum atomic E-state index is -3.54. The first-order valence-electron chi connectivity index (χ1n) is 13.1. The highest BCUT2D eigenvalue weighted by molar-refractivity contribution is 7.48. The molecular formula is C26H45O6P. The number of hydrogen-bond acceptors (Lipinski definition) is 6. The van der Waals surface area contributed by atoms with Gasteiger partial charge in [-0.1, -0.05) is 82.1 Å². The molecule has 1 saturated heterocycles. The van der Waals surface area contributed by atoms with Crippen molar-refractivity contribution in [3.05, 3.63) is 24.3 Å². The van der Waals surface area contributed by atoms with Crippen LogP contribution in [0.15, 0.2) is 24.3 Å². The van der Waals surface area contributed by atoms with Crippen LogP contribution in [-0.4, -0.2) is 31.4 Å². The van der Waals surface area contributed by atoms with Gasteiger partial charge in [-0.15, -0.1) is 0 Å². The van der Waals surface area contributed by atoms with Crippen LogP contribution >= 0.6 is 7.82 Å². The van der Waals surface area contributed by atoms with Gasteiger partial charge in [0, 0.05) is 6.42 Å². The first kappa shape index (κ1) is 28.3. The monoisotopic (exact) mass is 484 g/mol. The van der Waals surface area contributed by atoms with E-state index < -0.39 is 13.9 Å². The molecule has 2 atom stereocenters. The average molecular weight is 485 g/mol. The summed E-state index contributed by atoms with van der Waals surface area (Å²) in [6.45, 7) is 2.41. The summed E-state index contributed by atoms with van der Waals surface area (Å²) >= 11 is 0. The van der Waals surface area contributed by atoms with Crippen molar-refractivity contribution >= 4 is 13.8 Å². The van der Waals surface area contributed by atoms with Crippen LogP contribution in [-0.2, 0) is 27.7 Å². The van der Waals surface area contributed by atoms with Crippen molar-refractivity contribution in [1.82, 2.24) is 0 Å². The third kappa shape index (κ3) is 14.1. The lowest BCUT2D eigenvalue weighted by molar-refractivity contribution is -0.150. The number of allylic oxidation sites excluding steroid dienone is 3. The van der Waals surface area contributed by atoms with Gasteiger partial charge in [0.25, 0.3) is 0 Å². The Morgan fingerprint density at radius 1 is 0.788 bits per heavy atom. The van der Waals surface area contributed by atoms with Crippen LogP contribution in [0.5, 0.6) is 0 Å². The van der Waals surface area contributed by atoms with Gasteiger partial charge in [0.05, 0.1) is 25.7 Å². The molecule has 0 aromatic rings. The molecule has 0 aromatic carbocycles. The van der Waals surface area contributed by atoms with Crippen molar-refractivity contribution in [2.24, 2.45) is 0 Å². The fourth-order valence-corrected chi connectivity index (χ4v) is 5.50. The molecule has 0 amide bonds. The van der Waals surface area contributed by atoms with Gasteiger partial charge in [-0.05, 0) is 39.0 Å². The molecule has 1 fully saturated rings. The summed E-state index contributed by atoms with van der Waals surface area (Å²) in [4.78, 5) is 12.5. The van der Waals surface area contributed by atoms with Crippen LogP contribution in [0.25, 0.3) is 0 Å². The van der Waals surface area contributed by atoms with Gasteiger partial charge in [-0.3, -0.25) is 18.4 Å². The maximum atomic E-state index is 12.5. The Morgan fingerprint density at radius 3 is 2.00 bits per heavy atom. The summed E-state index contributed by atoms with van der Waals surface area (Å²) in [6.07, 6.45) is 25.1. The van der Waals surface area contributed by atoms with Crippen LogP contribution in [0.4, 0.5) is 0 Å². The zero-order valence-electron chi connectivity index (χ0n) is 20.6. The molecule has 0 spiro atoms. The highest BCUT2D eigenvalue weighted by Gasteiger charge is 2.36. The van der Waals surface area contributed by atoms with E-state index in [2.05, 4.69) is 24.3 Å². The van der Waals surface area contributed by atoms with E-state index in [-0.39, 0.29) is 31.7 Å². The molecule has 0 aliphatic carbocycles. The standard InChI is InChI=1S/C26H45O6P/c1-24-19-17-15-13-11-9-7-5-3-2-4-6-8-10-12-14-16-18-20-25(23-26(27)31-24)32-33(28)29-21-22-30-33/h7,9,15,17,24-25H,2-6,8,10-14,16,18-23H2,1H3/b9-7+,17-15+/t24-,25-/m1/s1. The van der Waals surface area contributed by atoms with Gasteiger partial charge in [0.2, 0.25) is 0 Å². The molecule has 2 aliphatic rings. The molecule has 0 bridgehead atoms. The molecule has 2 rings (SSSR count). The predicted octanol–water partition coefficient (Wildman–Crippen LogP) is 7.83. The molecule has 33 heavy (non-hydrogen) atoms. The molecule has 2 aliphatic heterocycles. The lowest BCUT2D eigenvalue weighted by atomic mass is 10.0.